The highest BCUT2D eigenvalue weighted by Crippen LogP contribution is 2.07. The van der Waals surface area contributed by atoms with E-state index in [0.29, 0.717) is 19.7 Å². The number of hydrogen-bond acceptors (Lipinski definition) is 3. The zero-order chi connectivity index (χ0) is 10.6. The molecule has 1 rings (SSSR count). The van der Waals surface area contributed by atoms with Crippen LogP contribution in [0.5, 0.6) is 0 Å². The molecule has 0 aromatic heterocycles. The number of rotatable bonds is 5. The fraction of sp³-hybridized carbons (Fsp3) is 0.900. The molecule has 1 saturated heterocycles. The molecule has 0 bridgehead atoms. The Bertz CT molecular complexity index is 195. The summed E-state index contributed by atoms with van der Waals surface area (Å²) in [6.45, 7) is 7.87. The van der Waals surface area contributed by atoms with Crippen molar-refractivity contribution >= 4 is 5.91 Å². The summed E-state index contributed by atoms with van der Waals surface area (Å²) in [5.41, 5.74) is 0. The van der Waals surface area contributed by atoms with Crippen molar-refractivity contribution in [1.82, 2.24) is 10.2 Å². The van der Waals surface area contributed by atoms with E-state index in [1.807, 2.05) is 18.7 Å². The predicted molar refractivity (Wildman–Crippen MR) is 54.9 cm³/mol. The Morgan fingerprint density at radius 2 is 2.36 bits per heavy atom. The minimum absolute atomic E-state index is 0.184. The highest BCUT2D eigenvalue weighted by molar-refractivity contribution is 5.80. The maximum atomic E-state index is 11.4. The minimum Gasteiger partial charge on any atom is -0.377 e. The van der Waals surface area contributed by atoms with Gasteiger partial charge < -0.3 is 9.64 Å². The normalized spacial score (nSPS) is 22.4. The van der Waals surface area contributed by atoms with E-state index in [1.165, 1.54) is 0 Å². The lowest BCUT2D eigenvalue weighted by Gasteiger charge is -2.23. The van der Waals surface area contributed by atoms with Crippen LogP contribution in [0.4, 0.5) is 0 Å². The summed E-state index contributed by atoms with van der Waals surface area (Å²) in [6.07, 6.45) is 1.40. The van der Waals surface area contributed by atoms with E-state index in [9.17, 15) is 4.79 Å². The molecule has 1 amide bonds. The maximum absolute atomic E-state index is 11.4. The quantitative estimate of drug-likeness (QED) is 0.706. The smallest absolute Gasteiger partial charge is 0.237 e. The summed E-state index contributed by atoms with van der Waals surface area (Å²) in [5.74, 6) is 0.184. The van der Waals surface area contributed by atoms with Crippen molar-refractivity contribution in [2.75, 3.05) is 19.7 Å². The van der Waals surface area contributed by atoms with Crippen LogP contribution in [0.15, 0.2) is 0 Å². The van der Waals surface area contributed by atoms with Gasteiger partial charge in [-0.3, -0.25) is 10.1 Å². The SMILES string of the molecule is CCC1NCC(=O)N1CCOC(C)C. The lowest BCUT2D eigenvalue weighted by atomic mass is 10.3. The first-order valence-electron chi connectivity index (χ1n) is 5.29. The molecule has 1 heterocycles. The van der Waals surface area contributed by atoms with E-state index in [0.717, 1.165) is 6.42 Å². The van der Waals surface area contributed by atoms with Gasteiger partial charge in [-0.25, -0.2) is 0 Å². The van der Waals surface area contributed by atoms with E-state index in [4.69, 9.17) is 4.74 Å². The molecule has 0 aliphatic carbocycles. The molecule has 0 saturated carbocycles. The first-order chi connectivity index (χ1) is 6.65. The van der Waals surface area contributed by atoms with Gasteiger partial charge in [0, 0.05) is 6.54 Å². The molecule has 1 N–H and O–H groups in total. The van der Waals surface area contributed by atoms with Crippen LogP contribution in [0.2, 0.25) is 0 Å². The average Bonchev–Trinajstić information content (AvgIpc) is 2.47. The molecule has 4 nitrogen and oxygen atoms in total. The monoisotopic (exact) mass is 200 g/mol. The van der Waals surface area contributed by atoms with Crippen LogP contribution in [-0.4, -0.2) is 42.8 Å². The molecule has 1 aliphatic heterocycles. The summed E-state index contributed by atoms with van der Waals surface area (Å²) >= 11 is 0. The Morgan fingerprint density at radius 3 is 2.93 bits per heavy atom. The third-order valence-electron chi connectivity index (χ3n) is 2.36. The van der Waals surface area contributed by atoms with Gasteiger partial charge in [0.05, 0.1) is 25.4 Å². The van der Waals surface area contributed by atoms with E-state index < -0.39 is 0 Å². The van der Waals surface area contributed by atoms with Gasteiger partial charge >= 0.3 is 0 Å². The Balaban J connectivity index is 2.30. The predicted octanol–water partition coefficient (Wildman–Crippen LogP) is 0.579. The number of nitrogens with zero attached hydrogens (tertiary/aromatic N) is 1. The highest BCUT2D eigenvalue weighted by Gasteiger charge is 2.28. The summed E-state index contributed by atoms with van der Waals surface area (Å²) in [6, 6.07) is 0. The fourth-order valence-electron chi connectivity index (χ4n) is 1.62. The number of ether oxygens (including phenoxy) is 1. The number of carbonyl (C=O) groups excluding carboxylic acids is 1. The Morgan fingerprint density at radius 1 is 1.64 bits per heavy atom. The van der Waals surface area contributed by atoms with Gasteiger partial charge in [0.2, 0.25) is 5.91 Å². The molecule has 1 fully saturated rings. The Labute approximate surface area is 85.6 Å². The van der Waals surface area contributed by atoms with Gasteiger partial charge in [0.25, 0.3) is 0 Å². The van der Waals surface area contributed by atoms with Gasteiger partial charge in [-0.05, 0) is 20.3 Å². The van der Waals surface area contributed by atoms with Gasteiger partial charge in [-0.2, -0.15) is 0 Å². The number of amides is 1. The highest BCUT2D eigenvalue weighted by atomic mass is 16.5. The summed E-state index contributed by atoms with van der Waals surface area (Å²) in [7, 11) is 0. The second kappa shape index (κ2) is 5.32. The maximum Gasteiger partial charge on any atom is 0.237 e. The van der Waals surface area contributed by atoms with E-state index in [-0.39, 0.29) is 18.2 Å². The molecule has 1 unspecified atom stereocenters. The van der Waals surface area contributed by atoms with E-state index in [2.05, 4.69) is 12.2 Å². The molecule has 0 aromatic rings. The van der Waals surface area contributed by atoms with Gasteiger partial charge in [0.15, 0.2) is 0 Å². The largest absolute Gasteiger partial charge is 0.377 e. The van der Waals surface area contributed by atoms with Crippen molar-refractivity contribution in [3.05, 3.63) is 0 Å². The third-order valence-corrected chi connectivity index (χ3v) is 2.36. The number of hydrogen-bond donors (Lipinski definition) is 1. The third kappa shape index (κ3) is 2.96. The summed E-state index contributed by atoms with van der Waals surface area (Å²) in [4.78, 5) is 13.3. The van der Waals surface area contributed by atoms with Gasteiger partial charge in [-0.15, -0.1) is 0 Å². The molecule has 0 spiro atoms. The minimum atomic E-state index is 0.184. The average molecular weight is 200 g/mol. The molecule has 0 radical (unpaired) electrons. The first kappa shape index (κ1) is 11.5. The fourth-order valence-corrected chi connectivity index (χ4v) is 1.62. The summed E-state index contributed by atoms with van der Waals surface area (Å²) < 4.78 is 5.42. The Kier molecular flexibility index (Phi) is 4.35. The van der Waals surface area contributed by atoms with Crippen molar-refractivity contribution in [2.45, 2.75) is 39.5 Å². The molecule has 14 heavy (non-hydrogen) atoms. The van der Waals surface area contributed by atoms with Crippen molar-refractivity contribution in [3.63, 3.8) is 0 Å². The second-order valence-electron chi connectivity index (χ2n) is 3.81. The molecule has 0 aromatic carbocycles. The van der Waals surface area contributed by atoms with Crippen LogP contribution >= 0.6 is 0 Å². The van der Waals surface area contributed by atoms with E-state index in [1.54, 1.807) is 0 Å². The van der Waals surface area contributed by atoms with Crippen molar-refractivity contribution in [1.29, 1.82) is 0 Å². The molecule has 1 aliphatic rings. The molecular weight excluding hydrogens is 180 g/mol. The van der Waals surface area contributed by atoms with Crippen LogP contribution in [0.1, 0.15) is 27.2 Å². The number of carbonyl (C=O) groups is 1. The summed E-state index contributed by atoms with van der Waals surface area (Å²) in [5, 5.41) is 3.17. The topological polar surface area (TPSA) is 41.6 Å². The van der Waals surface area contributed by atoms with E-state index >= 15 is 0 Å². The lowest BCUT2D eigenvalue weighted by molar-refractivity contribution is -0.129. The Hall–Kier alpha value is -0.610. The molecular formula is C10H20N2O2. The standard InChI is InChI=1S/C10H20N2O2/c1-4-9-11-7-10(13)12(9)5-6-14-8(2)3/h8-9,11H,4-7H2,1-3H3. The number of nitrogens with one attached hydrogen (secondary N) is 1. The van der Waals surface area contributed by atoms with Crippen LogP contribution in [-0.2, 0) is 9.53 Å². The lowest BCUT2D eigenvalue weighted by Crippen LogP contribution is -2.39. The second-order valence-corrected chi connectivity index (χ2v) is 3.81. The molecule has 1 atom stereocenters. The van der Waals surface area contributed by atoms with Crippen molar-refractivity contribution in [3.8, 4) is 0 Å². The molecule has 4 heteroatoms. The van der Waals surface area contributed by atoms with Crippen LogP contribution in [0, 0.1) is 0 Å². The van der Waals surface area contributed by atoms with Crippen molar-refractivity contribution in [2.24, 2.45) is 0 Å². The van der Waals surface area contributed by atoms with Crippen LogP contribution < -0.4 is 5.32 Å². The first-order valence-corrected chi connectivity index (χ1v) is 5.29. The van der Waals surface area contributed by atoms with Crippen molar-refractivity contribution < 1.29 is 9.53 Å². The van der Waals surface area contributed by atoms with Crippen LogP contribution in [0.3, 0.4) is 0 Å². The zero-order valence-corrected chi connectivity index (χ0v) is 9.25. The zero-order valence-electron chi connectivity index (χ0n) is 9.25. The van der Waals surface area contributed by atoms with Gasteiger partial charge in [0.1, 0.15) is 0 Å². The molecule has 82 valence electrons. The van der Waals surface area contributed by atoms with Gasteiger partial charge in [-0.1, -0.05) is 6.92 Å². The van der Waals surface area contributed by atoms with Crippen LogP contribution in [0.25, 0.3) is 0 Å².